The molecular formula is C16H32N2. The molecule has 0 spiro atoms. The van der Waals surface area contributed by atoms with Gasteiger partial charge in [0.1, 0.15) is 0 Å². The van der Waals surface area contributed by atoms with Gasteiger partial charge in [0.2, 0.25) is 0 Å². The molecule has 1 N–H and O–H groups in total. The first-order valence-corrected chi connectivity index (χ1v) is 8.01. The number of nitrogens with zero attached hydrogens (tertiary/aromatic N) is 1. The SMILES string of the molecule is CC(C)[C@H]1CC[C@@H](C)C[C@H]1NC1CCN(C)CC1. The van der Waals surface area contributed by atoms with E-state index in [1.54, 1.807) is 0 Å². The van der Waals surface area contributed by atoms with Crippen LogP contribution < -0.4 is 5.32 Å². The fourth-order valence-corrected chi connectivity index (χ4v) is 3.87. The second kappa shape index (κ2) is 6.38. The summed E-state index contributed by atoms with van der Waals surface area (Å²) < 4.78 is 0. The maximum absolute atomic E-state index is 4.01. The maximum Gasteiger partial charge on any atom is 0.0103 e. The van der Waals surface area contributed by atoms with Crippen LogP contribution in [0.5, 0.6) is 0 Å². The summed E-state index contributed by atoms with van der Waals surface area (Å²) in [5.41, 5.74) is 0. The smallest absolute Gasteiger partial charge is 0.0103 e. The number of nitrogens with one attached hydrogen (secondary N) is 1. The molecule has 2 fully saturated rings. The highest BCUT2D eigenvalue weighted by atomic mass is 15.1. The molecule has 1 heterocycles. The van der Waals surface area contributed by atoms with Crippen LogP contribution >= 0.6 is 0 Å². The van der Waals surface area contributed by atoms with Gasteiger partial charge in [-0.2, -0.15) is 0 Å². The number of likely N-dealkylation sites (tertiary alicyclic amines) is 1. The molecule has 1 aliphatic carbocycles. The zero-order valence-electron chi connectivity index (χ0n) is 12.8. The quantitative estimate of drug-likeness (QED) is 0.830. The standard InChI is InChI=1S/C16H32N2/c1-12(2)15-6-5-13(3)11-16(15)17-14-7-9-18(4)10-8-14/h12-17H,5-11H2,1-4H3/t13-,15-,16-/m1/s1. The van der Waals surface area contributed by atoms with E-state index in [2.05, 4.69) is 38.0 Å². The summed E-state index contributed by atoms with van der Waals surface area (Å²) in [5.74, 6) is 2.66. The monoisotopic (exact) mass is 252 g/mol. The first kappa shape index (κ1) is 14.3. The van der Waals surface area contributed by atoms with E-state index in [-0.39, 0.29) is 0 Å². The first-order valence-electron chi connectivity index (χ1n) is 8.01. The summed E-state index contributed by atoms with van der Waals surface area (Å²) in [6.45, 7) is 9.78. The first-order chi connectivity index (χ1) is 8.56. The average Bonchev–Trinajstić information content (AvgIpc) is 2.32. The van der Waals surface area contributed by atoms with E-state index in [1.807, 2.05) is 0 Å². The molecule has 2 heteroatoms. The van der Waals surface area contributed by atoms with E-state index in [0.717, 1.165) is 29.8 Å². The van der Waals surface area contributed by atoms with Gasteiger partial charge in [-0.25, -0.2) is 0 Å². The number of hydrogen-bond acceptors (Lipinski definition) is 2. The Morgan fingerprint density at radius 1 is 1.06 bits per heavy atom. The van der Waals surface area contributed by atoms with Crippen LogP contribution in [-0.4, -0.2) is 37.1 Å². The van der Waals surface area contributed by atoms with E-state index in [9.17, 15) is 0 Å². The minimum Gasteiger partial charge on any atom is -0.311 e. The van der Waals surface area contributed by atoms with Crippen LogP contribution in [0.1, 0.15) is 52.9 Å². The van der Waals surface area contributed by atoms with Crippen molar-refractivity contribution in [3.8, 4) is 0 Å². The molecule has 0 radical (unpaired) electrons. The average molecular weight is 252 g/mol. The number of piperidine rings is 1. The second-order valence-electron chi connectivity index (χ2n) is 7.18. The molecule has 2 nitrogen and oxygen atoms in total. The fourth-order valence-electron chi connectivity index (χ4n) is 3.87. The third kappa shape index (κ3) is 3.71. The minimum absolute atomic E-state index is 0.776. The Kier molecular flexibility index (Phi) is 5.08. The van der Waals surface area contributed by atoms with Crippen molar-refractivity contribution < 1.29 is 0 Å². The van der Waals surface area contributed by atoms with Crippen LogP contribution in [0.15, 0.2) is 0 Å². The van der Waals surface area contributed by atoms with E-state index < -0.39 is 0 Å². The van der Waals surface area contributed by atoms with Crippen LogP contribution in [0, 0.1) is 17.8 Å². The van der Waals surface area contributed by atoms with Gasteiger partial charge in [-0.1, -0.05) is 27.2 Å². The highest BCUT2D eigenvalue weighted by Crippen LogP contribution is 2.34. The van der Waals surface area contributed by atoms with Gasteiger partial charge < -0.3 is 10.2 Å². The van der Waals surface area contributed by atoms with Crippen molar-refractivity contribution in [1.29, 1.82) is 0 Å². The molecule has 1 aliphatic heterocycles. The van der Waals surface area contributed by atoms with Crippen molar-refractivity contribution in [3.05, 3.63) is 0 Å². The number of rotatable bonds is 3. The molecule has 0 aromatic carbocycles. The molecule has 1 saturated carbocycles. The summed E-state index contributed by atoms with van der Waals surface area (Å²) in [6, 6.07) is 1.56. The van der Waals surface area contributed by atoms with Crippen molar-refractivity contribution in [2.75, 3.05) is 20.1 Å². The van der Waals surface area contributed by atoms with Gasteiger partial charge >= 0.3 is 0 Å². The van der Waals surface area contributed by atoms with Gasteiger partial charge in [0.25, 0.3) is 0 Å². The molecule has 0 aromatic heterocycles. The minimum atomic E-state index is 0.776. The van der Waals surface area contributed by atoms with Crippen molar-refractivity contribution in [3.63, 3.8) is 0 Å². The summed E-state index contributed by atoms with van der Waals surface area (Å²) in [5, 5.41) is 4.01. The maximum atomic E-state index is 4.01. The van der Waals surface area contributed by atoms with Gasteiger partial charge in [0, 0.05) is 12.1 Å². The Bertz CT molecular complexity index is 243. The molecule has 106 valence electrons. The molecule has 0 bridgehead atoms. The summed E-state index contributed by atoms with van der Waals surface area (Å²) in [4.78, 5) is 2.46. The second-order valence-corrected chi connectivity index (χ2v) is 7.18. The summed E-state index contributed by atoms with van der Waals surface area (Å²) >= 11 is 0. The van der Waals surface area contributed by atoms with Gasteiger partial charge in [-0.15, -0.1) is 0 Å². The molecular weight excluding hydrogens is 220 g/mol. The van der Waals surface area contributed by atoms with E-state index >= 15 is 0 Å². The van der Waals surface area contributed by atoms with E-state index in [1.165, 1.54) is 45.2 Å². The predicted molar refractivity (Wildman–Crippen MR) is 78.8 cm³/mol. The predicted octanol–water partition coefficient (Wildman–Crippen LogP) is 3.13. The highest BCUT2D eigenvalue weighted by Gasteiger charge is 2.32. The zero-order chi connectivity index (χ0) is 13.1. The summed E-state index contributed by atoms with van der Waals surface area (Å²) in [7, 11) is 2.25. The van der Waals surface area contributed by atoms with Crippen LogP contribution in [-0.2, 0) is 0 Å². The largest absolute Gasteiger partial charge is 0.311 e. The number of hydrogen-bond donors (Lipinski definition) is 1. The fraction of sp³-hybridized carbons (Fsp3) is 1.00. The Hall–Kier alpha value is -0.0800. The van der Waals surface area contributed by atoms with Crippen molar-refractivity contribution in [1.82, 2.24) is 10.2 Å². The Morgan fingerprint density at radius 3 is 2.33 bits per heavy atom. The molecule has 2 rings (SSSR count). The Balaban J connectivity index is 1.88. The molecule has 0 amide bonds. The molecule has 18 heavy (non-hydrogen) atoms. The van der Waals surface area contributed by atoms with Crippen LogP contribution in [0.2, 0.25) is 0 Å². The lowest BCUT2D eigenvalue weighted by atomic mass is 9.73. The van der Waals surface area contributed by atoms with Crippen molar-refractivity contribution in [2.45, 2.75) is 65.0 Å². The van der Waals surface area contributed by atoms with E-state index in [0.29, 0.717) is 0 Å². The van der Waals surface area contributed by atoms with Gasteiger partial charge in [0.15, 0.2) is 0 Å². The lowest BCUT2D eigenvalue weighted by Crippen LogP contribution is -2.50. The molecule has 0 unspecified atom stereocenters. The lowest BCUT2D eigenvalue weighted by molar-refractivity contribution is 0.139. The van der Waals surface area contributed by atoms with Crippen LogP contribution in [0.25, 0.3) is 0 Å². The van der Waals surface area contributed by atoms with Crippen molar-refractivity contribution >= 4 is 0 Å². The lowest BCUT2D eigenvalue weighted by Gasteiger charge is -2.41. The molecule has 1 saturated heterocycles. The highest BCUT2D eigenvalue weighted by molar-refractivity contribution is 4.89. The Morgan fingerprint density at radius 2 is 1.72 bits per heavy atom. The third-order valence-electron chi connectivity index (χ3n) is 5.19. The molecule has 0 aromatic rings. The zero-order valence-corrected chi connectivity index (χ0v) is 12.8. The molecule has 2 aliphatic rings. The van der Waals surface area contributed by atoms with E-state index in [4.69, 9.17) is 0 Å². The normalized spacial score (nSPS) is 36.2. The summed E-state index contributed by atoms with van der Waals surface area (Å²) in [6.07, 6.45) is 6.95. The van der Waals surface area contributed by atoms with Gasteiger partial charge in [-0.05, 0) is 63.6 Å². The Labute approximate surface area is 114 Å². The van der Waals surface area contributed by atoms with Crippen molar-refractivity contribution in [2.24, 2.45) is 17.8 Å². The topological polar surface area (TPSA) is 15.3 Å². The molecule has 3 atom stereocenters. The van der Waals surface area contributed by atoms with Crippen LogP contribution in [0.3, 0.4) is 0 Å². The van der Waals surface area contributed by atoms with Crippen LogP contribution in [0.4, 0.5) is 0 Å². The van der Waals surface area contributed by atoms with Gasteiger partial charge in [0.05, 0.1) is 0 Å². The van der Waals surface area contributed by atoms with Gasteiger partial charge in [-0.3, -0.25) is 0 Å². The third-order valence-corrected chi connectivity index (χ3v) is 5.19.